The molecule has 10 nitrogen and oxygen atoms in total. The van der Waals surface area contributed by atoms with E-state index < -0.39 is 49.4 Å². The van der Waals surface area contributed by atoms with E-state index in [0.717, 1.165) is 64.2 Å². The molecule has 0 saturated carbocycles. The van der Waals surface area contributed by atoms with Gasteiger partial charge in [0.25, 0.3) is 0 Å². The molecule has 0 spiro atoms. The highest BCUT2D eigenvalue weighted by Crippen LogP contribution is 2.23. The van der Waals surface area contributed by atoms with Crippen LogP contribution in [0.15, 0.2) is 36.5 Å². The number of rotatable bonds is 42. The number of aliphatic hydroxyl groups is 4. The van der Waals surface area contributed by atoms with Crippen molar-refractivity contribution in [1.29, 1.82) is 0 Å². The Morgan fingerprint density at radius 3 is 1.46 bits per heavy atom. The molecule has 61 heavy (non-hydrogen) atoms. The summed E-state index contributed by atoms with van der Waals surface area (Å²) in [7, 11) is 0. The Hall–Kier alpha value is -2.08. The minimum Gasteiger partial charge on any atom is -0.462 e. The Bertz CT molecular complexity index is 1090. The van der Waals surface area contributed by atoms with E-state index >= 15 is 0 Å². The first kappa shape index (κ1) is 56.9. The predicted octanol–water partition coefficient (Wildman–Crippen LogP) is 11.4. The maximum absolute atomic E-state index is 12.8. The van der Waals surface area contributed by atoms with Crippen molar-refractivity contribution in [2.75, 3.05) is 19.8 Å². The molecule has 10 heteroatoms. The van der Waals surface area contributed by atoms with E-state index in [0.29, 0.717) is 6.42 Å². The van der Waals surface area contributed by atoms with Gasteiger partial charge in [0.15, 0.2) is 12.4 Å². The molecule has 1 aliphatic rings. The van der Waals surface area contributed by atoms with Crippen LogP contribution >= 0.6 is 0 Å². The number of hydrogen-bond donors (Lipinski definition) is 4. The third-order valence-corrected chi connectivity index (χ3v) is 11.5. The van der Waals surface area contributed by atoms with Crippen molar-refractivity contribution in [2.24, 2.45) is 0 Å². The Morgan fingerprint density at radius 2 is 0.967 bits per heavy atom. The van der Waals surface area contributed by atoms with Gasteiger partial charge >= 0.3 is 11.9 Å². The third kappa shape index (κ3) is 33.1. The maximum atomic E-state index is 12.8. The average Bonchev–Trinajstić information content (AvgIpc) is 3.26. The Kier molecular flexibility index (Phi) is 39.1. The summed E-state index contributed by atoms with van der Waals surface area (Å²) >= 11 is 0. The molecule has 1 heterocycles. The summed E-state index contributed by atoms with van der Waals surface area (Å²) in [5.74, 6) is -0.809. The van der Waals surface area contributed by atoms with E-state index in [9.17, 15) is 30.0 Å². The van der Waals surface area contributed by atoms with Gasteiger partial charge in [0.1, 0.15) is 31.0 Å². The number of ether oxygens (including phenoxy) is 4. The van der Waals surface area contributed by atoms with Crippen LogP contribution in [0.25, 0.3) is 0 Å². The Balaban J connectivity index is 2.27. The van der Waals surface area contributed by atoms with Crippen LogP contribution in [0.4, 0.5) is 0 Å². The average molecular weight is 865 g/mol. The summed E-state index contributed by atoms with van der Waals surface area (Å²) in [4.78, 5) is 25.4. The van der Waals surface area contributed by atoms with Crippen molar-refractivity contribution in [1.82, 2.24) is 0 Å². The number of unbranched alkanes of at least 4 members (excludes halogenated alkanes) is 25. The predicted molar refractivity (Wildman–Crippen MR) is 247 cm³/mol. The van der Waals surface area contributed by atoms with Crippen LogP contribution in [-0.2, 0) is 28.5 Å². The van der Waals surface area contributed by atoms with Gasteiger partial charge in [-0.15, -0.1) is 0 Å². The lowest BCUT2D eigenvalue weighted by Gasteiger charge is -2.39. The SMILES string of the molecule is CC/C=C\C/C=C\C/C=C\CCCCCCCCCC(=O)OC(COC(=O)CCCCCCCCCCCCCCCCCCCCC)COC1OC(CO)C(O)C(O)C1O. The summed E-state index contributed by atoms with van der Waals surface area (Å²) in [5.41, 5.74) is 0. The fourth-order valence-electron chi connectivity index (χ4n) is 7.62. The number of esters is 2. The first-order valence-corrected chi connectivity index (χ1v) is 25.1. The van der Waals surface area contributed by atoms with E-state index in [2.05, 4.69) is 50.3 Å². The summed E-state index contributed by atoms with van der Waals surface area (Å²) in [6.07, 6.45) is 41.5. The molecule has 1 aliphatic heterocycles. The molecular weight excluding hydrogens is 773 g/mol. The van der Waals surface area contributed by atoms with Gasteiger partial charge in [-0.3, -0.25) is 9.59 Å². The summed E-state index contributed by atoms with van der Waals surface area (Å²) in [5, 5.41) is 40.2. The molecule has 0 aromatic carbocycles. The number of allylic oxidation sites excluding steroid dienone is 6. The van der Waals surface area contributed by atoms with Crippen molar-refractivity contribution in [3.63, 3.8) is 0 Å². The molecule has 356 valence electrons. The monoisotopic (exact) mass is 865 g/mol. The van der Waals surface area contributed by atoms with Crippen molar-refractivity contribution in [3.8, 4) is 0 Å². The molecule has 1 rings (SSSR count). The molecule has 0 radical (unpaired) electrons. The van der Waals surface area contributed by atoms with E-state index in [1.54, 1.807) is 0 Å². The minimum absolute atomic E-state index is 0.219. The molecule has 6 atom stereocenters. The van der Waals surface area contributed by atoms with E-state index in [1.807, 2.05) is 0 Å². The lowest BCUT2D eigenvalue weighted by Crippen LogP contribution is -2.59. The zero-order valence-corrected chi connectivity index (χ0v) is 38.9. The first-order chi connectivity index (χ1) is 29.8. The zero-order valence-electron chi connectivity index (χ0n) is 38.9. The van der Waals surface area contributed by atoms with Gasteiger partial charge in [-0.2, -0.15) is 0 Å². The van der Waals surface area contributed by atoms with Gasteiger partial charge < -0.3 is 39.4 Å². The standard InChI is InChI=1S/C51H92O10/c1-3-5-7-9-11-13-15-17-19-21-22-24-25-27-29-31-33-35-37-39-46(53)58-42-44(43-59-51-50(57)49(56)48(55)45(41-52)61-51)60-47(54)40-38-36-34-32-30-28-26-23-20-18-16-14-12-10-8-6-4-2/h6,8,12,14,18,20,44-45,48-52,55-57H,3-5,7,9-11,13,15-17,19,21-43H2,1-2H3/b8-6-,14-12-,20-18-. The zero-order chi connectivity index (χ0) is 44.4. The van der Waals surface area contributed by atoms with Gasteiger partial charge in [-0.25, -0.2) is 0 Å². The highest BCUT2D eigenvalue weighted by atomic mass is 16.7. The molecule has 0 bridgehead atoms. The maximum Gasteiger partial charge on any atom is 0.306 e. The van der Waals surface area contributed by atoms with Crippen LogP contribution in [0.1, 0.15) is 219 Å². The molecule has 4 N–H and O–H groups in total. The highest BCUT2D eigenvalue weighted by Gasteiger charge is 2.44. The fraction of sp³-hybridized carbons (Fsp3) is 0.843. The van der Waals surface area contributed by atoms with Gasteiger partial charge in [-0.05, 0) is 44.9 Å². The molecule has 1 saturated heterocycles. The largest absolute Gasteiger partial charge is 0.462 e. The molecule has 0 aliphatic carbocycles. The number of aliphatic hydroxyl groups excluding tert-OH is 4. The molecule has 0 aromatic heterocycles. The molecular formula is C51H92O10. The highest BCUT2D eigenvalue weighted by molar-refractivity contribution is 5.70. The summed E-state index contributed by atoms with van der Waals surface area (Å²) < 4.78 is 22.2. The van der Waals surface area contributed by atoms with Crippen molar-refractivity contribution >= 4 is 11.9 Å². The third-order valence-electron chi connectivity index (χ3n) is 11.5. The smallest absolute Gasteiger partial charge is 0.306 e. The summed E-state index contributed by atoms with van der Waals surface area (Å²) in [6, 6.07) is 0. The van der Waals surface area contributed by atoms with Crippen LogP contribution in [0.2, 0.25) is 0 Å². The van der Waals surface area contributed by atoms with E-state index in [-0.39, 0.29) is 32.0 Å². The molecule has 0 aromatic rings. The lowest BCUT2D eigenvalue weighted by atomic mass is 9.99. The summed E-state index contributed by atoms with van der Waals surface area (Å²) in [6.45, 7) is 3.33. The Labute approximate surface area is 372 Å². The molecule has 6 unspecified atom stereocenters. The quantitative estimate of drug-likeness (QED) is 0.0265. The van der Waals surface area contributed by atoms with Gasteiger partial charge in [-0.1, -0.05) is 198 Å². The molecule has 1 fully saturated rings. The number of hydrogen-bond acceptors (Lipinski definition) is 10. The van der Waals surface area contributed by atoms with Gasteiger partial charge in [0.2, 0.25) is 0 Å². The fourth-order valence-corrected chi connectivity index (χ4v) is 7.62. The van der Waals surface area contributed by atoms with Crippen LogP contribution in [-0.4, -0.2) is 89.0 Å². The van der Waals surface area contributed by atoms with Gasteiger partial charge in [0.05, 0.1) is 13.2 Å². The van der Waals surface area contributed by atoms with Crippen LogP contribution in [0.3, 0.4) is 0 Å². The topological polar surface area (TPSA) is 152 Å². The second kappa shape index (κ2) is 41.9. The Morgan fingerprint density at radius 1 is 0.525 bits per heavy atom. The van der Waals surface area contributed by atoms with Gasteiger partial charge in [0, 0.05) is 12.8 Å². The van der Waals surface area contributed by atoms with Crippen LogP contribution in [0.5, 0.6) is 0 Å². The second-order valence-corrected chi connectivity index (χ2v) is 17.2. The minimum atomic E-state index is -1.60. The van der Waals surface area contributed by atoms with Crippen molar-refractivity contribution in [2.45, 2.75) is 256 Å². The van der Waals surface area contributed by atoms with Crippen molar-refractivity contribution < 1.29 is 49.0 Å². The number of carbonyl (C=O) groups excluding carboxylic acids is 2. The molecule has 0 amide bonds. The van der Waals surface area contributed by atoms with Crippen LogP contribution < -0.4 is 0 Å². The first-order valence-electron chi connectivity index (χ1n) is 25.1. The van der Waals surface area contributed by atoms with Crippen LogP contribution in [0, 0.1) is 0 Å². The van der Waals surface area contributed by atoms with Crippen molar-refractivity contribution in [3.05, 3.63) is 36.5 Å². The normalized spacial score (nSPS) is 20.0. The van der Waals surface area contributed by atoms with E-state index in [4.69, 9.17) is 18.9 Å². The lowest BCUT2D eigenvalue weighted by molar-refractivity contribution is -0.305. The number of carbonyl (C=O) groups is 2. The van der Waals surface area contributed by atoms with E-state index in [1.165, 1.54) is 122 Å². The second-order valence-electron chi connectivity index (χ2n) is 17.2.